The first-order chi connectivity index (χ1) is 11.5. The van der Waals surface area contributed by atoms with Gasteiger partial charge in [0.25, 0.3) is 0 Å². The summed E-state index contributed by atoms with van der Waals surface area (Å²) >= 11 is 5.20. The van der Waals surface area contributed by atoms with Gasteiger partial charge >= 0.3 is 0 Å². The van der Waals surface area contributed by atoms with Gasteiger partial charge in [-0.2, -0.15) is 0 Å². The molecular weight excluding hydrogens is 390 g/mol. The van der Waals surface area contributed by atoms with Gasteiger partial charge < -0.3 is 14.8 Å². The topological polar surface area (TPSA) is 56.3 Å². The van der Waals surface area contributed by atoms with Crippen molar-refractivity contribution in [1.82, 2.24) is 9.97 Å². The summed E-state index contributed by atoms with van der Waals surface area (Å²) in [7, 11) is 3.24. The number of halogens is 1. The highest BCUT2D eigenvalue weighted by molar-refractivity contribution is 9.10. The van der Waals surface area contributed by atoms with Gasteiger partial charge in [-0.3, -0.25) is 0 Å². The van der Waals surface area contributed by atoms with Gasteiger partial charge in [-0.15, -0.1) is 11.3 Å². The van der Waals surface area contributed by atoms with E-state index in [0.717, 1.165) is 21.2 Å². The van der Waals surface area contributed by atoms with Crippen molar-refractivity contribution in [3.05, 3.63) is 38.8 Å². The van der Waals surface area contributed by atoms with Crippen LogP contribution in [0.25, 0.3) is 10.9 Å². The van der Waals surface area contributed by atoms with E-state index < -0.39 is 0 Å². The van der Waals surface area contributed by atoms with Crippen LogP contribution in [0.2, 0.25) is 0 Å². The number of fused-ring (bicyclic) bond motifs is 1. The summed E-state index contributed by atoms with van der Waals surface area (Å²) in [5.41, 5.74) is 0.821. The molecule has 0 aliphatic carbocycles. The number of thiophene rings is 1. The van der Waals surface area contributed by atoms with Crippen LogP contribution in [0.3, 0.4) is 0 Å². The molecule has 0 spiro atoms. The van der Waals surface area contributed by atoms with Crippen LogP contribution in [-0.4, -0.2) is 24.2 Å². The van der Waals surface area contributed by atoms with Crippen LogP contribution in [0.5, 0.6) is 11.5 Å². The van der Waals surface area contributed by atoms with Crippen molar-refractivity contribution in [2.24, 2.45) is 0 Å². The lowest BCUT2D eigenvalue weighted by molar-refractivity contribution is 0.356. The van der Waals surface area contributed by atoms with E-state index in [9.17, 15) is 0 Å². The lowest BCUT2D eigenvalue weighted by Gasteiger charge is -2.16. The van der Waals surface area contributed by atoms with Gasteiger partial charge in [0.15, 0.2) is 11.5 Å². The van der Waals surface area contributed by atoms with Gasteiger partial charge in [0.05, 0.1) is 25.8 Å². The Hall–Kier alpha value is -1.86. The molecule has 0 fully saturated rings. The molecule has 126 valence electrons. The highest BCUT2D eigenvalue weighted by atomic mass is 79.9. The Morgan fingerprint density at radius 2 is 1.83 bits per heavy atom. The Labute approximate surface area is 153 Å². The second-order valence-corrected chi connectivity index (χ2v) is 7.24. The van der Waals surface area contributed by atoms with E-state index in [-0.39, 0.29) is 6.04 Å². The minimum absolute atomic E-state index is 0.131. The maximum absolute atomic E-state index is 5.41. The molecule has 0 radical (unpaired) electrons. The number of anilines is 1. The fourth-order valence-corrected chi connectivity index (χ4v) is 3.97. The average molecular weight is 408 g/mol. The second-order valence-electron chi connectivity index (χ2n) is 5.38. The van der Waals surface area contributed by atoms with E-state index in [4.69, 9.17) is 9.47 Å². The van der Waals surface area contributed by atoms with Crippen molar-refractivity contribution in [3.63, 3.8) is 0 Å². The molecule has 3 aromatic rings. The molecule has 2 heterocycles. The minimum atomic E-state index is 0.131. The molecule has 1 atom stereocenters. The standard InChI is InChI=1S/C17H18BrN3O2S/c1-9(16-5-11(18)8-24-16)19-17-12-6-14(22-3)15(23-4)7-13(12)20-10(2)21-17/h5-9H,1-4H3,(H,19,20,21). The molecule has 0 saturated carbocycles. The summed E-state index contributed by atoms with van der Waals surface area (Å²) in [6.07, 6.45) is 0. The van der Waals surface area contributed by atoms with Crippen LogP contribution in [0.4, 0.5) is 5.82 Å². The van der Waals surface area contributed by atoms with Gasteiger partial charge in [-0.1, -0.05) is 0 Å². The Balaban J connectivity index is 2.06. The van der Waals surface area contributed by atoms with E-state index in [0.29, 0.717) is 17.3 Å². The largest absolute Gasteiger partial charge is 0.493 e. The quantitative estimate of drug-likeness (QED) is 0.647. The van der Waals surface area contributed by atoms with E-state index in [1.54, 1.807) is 25.6 Å². The maximum atomic E-state index is 5.41. The SMILES string of the molecule is COc1cc2nc(C)nc(NC(C)c3cc(Br)cs3)c2cc1OC. The lowest BCUT2D eigenvalue weighted by Crippen LogP contribution is -2.08. The first-order valence-corrected chi connectivity index (χ1v) is 9.10. The van der Waals surface area contributed by atoms with Crippen LogP contribution in [0.15, 0.2) is 28.1 Å². The van der Waals surface area contributed by atoms with Crippen LogP contribution < -0.4 is 14.8 Å². The second kappa shape index (κ2) is 6.94. The first kappa shape index (κ1) is 17.0. The molecule has 3 rings (SSSR count). The predicted molar refractivity (Wildman–Crippen MR) is 101 cm³/mol. The number of nitrogens with zero attached hydrogens (tertiary/aromatic N) is 2. The fraction of sp³-hybridized carbons (Fsp3) is 0.294. The monoisotopic (exact) mass is 407 g/mol. The van der Waals surface area contributed by atoms with E-state index in [1.165, 1.54) is 4.88 Å². The van der Waals surface area contributed by atoms with Crippen LogP contribution in [0.1, 0.15) is 23.7 Å². The minimum Gasteiger partial charge on any atom is -0.493 e. The van der Waals surface area contributed by atoms with Crippen molar-refractivity contribution >= 4 is 44.0 Å². The van der Waals surface area contributed by atoms with Crippen LogP contribution in [0, 0.1) is 6.92 Å². The fourth-order valence-electron chi connectivity index (χ4n) is 2.51. The predicted octanol–water partition coefficient (Wildman–Crippen LogP) is 4.95. The molecular formula is C17H18BrN3O2S. The van der Waals surface area contributed by atoms with E-state index in [1.807, 2.05) is 19.1 Å². The van der Waals surface area contributed by atoms with Gasteiger partial charge in [-0.25, -0.2) is 9.97 Å². The molecule has 0 aliphatic heterocycles. The van der Waals surface area contributed by atoms with Crippen molar-refractivity contribution in [2.45, 2.75) is 19.9 Å². The van der Waals surface area contributed by atoms with Gasteiger partial charge in [0, 0.05) is 26.2 Å². The number of hydrogen-bond donors (Lipinski definition) is 1. The summed E-state index contributed by atoms with van der Waals surface area (Å²) in [6, 6.07) is 6.03. The molecule has 0 saturated heterocycles. The smallest absolute Gasteiger partial charge is 0.162 e. The highest BCUT2D eigenvalue weighted by Crippen LogP contribution is 2.35. The van der Waals surface area contributed by atoms with Crippen molar-refractivity contribution in [3.8, 4) is 11.5 Å². The average Bonchev–Trinajstić information content (AvgIpc) is 3.00. The Bertz CT molecular complexity index is 882. The summed E-state index contributed by atoms with van der Waals surface area (Å²) < 4.78 is 11.9. The van der Waals surface area contributed by atoms with Crippen LogP contribution in [-0.2, 0) is 0 Å². The number of rotatable bonds is 5. The molecule has 1 unspecified atom stereocenters. The normalized spacial score (nSPS) is 12.2. The number of ether oxygens (including phenoxy) is 2. The third kappa shape index (κ3) is 3.32. The molecule has 1 N–H and O–H groups in total. The third-order valence-electron chi connectivity index (χ3n) is 3.68. The molecule has 2 aromatic heterocycles. The molecule has 0 amide bonds. The van der Waals surface area contributed by atoms with Crippen LogP contribution >= 0.6 is 27.3 Å². The summed E-state index contributed by atoms with van der Waals surface area (Å²) in [5.74, 6) is 2.81. The highest BCUT2D eigenvalue weighted by Gasteiger charge is 2.15. The summed E-state index contributed by atoms with van der Waals surface area (Å²) in [4.78, 5) is 10.3. The summed E-state index contributed by atoms with van der Waals surface area (Å²) in [6.45, 7) is 4.00. The van der Waals surface area contributed by atoms with Gasteiger partial charge in [0.2, 0.25) is 0 Å². The maximum Gasteiger partial charge on any atom is 0.162 e. The van der Waals surface area contributed by atoms with E-state index >= 15 is 0 Å². The Morgan fingerprint density at radius 3 is 2.46 bits per heavy atom. The van der Waals surface area contributed by atoms with E-state index in [2.05, 4.69) is 49.6 Å². The Morgan fingerprint density at radius 1 is 1.12 bits per heavy atom. The molecule has 0 aliphatic rings. The number of aromatic nitrogens is 2. The molecule has 24 heavy (non-hydrogen) atoms. The van der Waals surface area contributed by atoms with Crippen molar-refractivity contribution in [2.75, 3.05) is 19.5 Å². The first-order valence-electron chi connectivity index (χ1n) is 7.42. The van der Waals surface area contributed by atoms with Gasteiger partial charge in [-0.05, 0) is 41.9 Å². The zero-order valence-electron chi connectivity index (χ0n) is 13.9. The molecule has 7 heteroatoms. The molecule has 0 bridgehead atoms. The van der Waals surface area contributed by atoms with Crippen molar-refractivity contribution in [1.29, 1.82) is 0 Å². The number of benzene rings is 1. The van der Waals surface area contributed by atoms with Gasteiger partial charge in [0.1, 0.15) is 11.6 Å². The molecule has 1 aromatic carbocycles. The summed E-state index contributed by atoms with van der Waals surface area (Å²) in [5, 5.41) is 6.46. The lowest BCUT2D eigenvalue weighted by atomic mass is 10.2. The number of aryl methyl sites for hydroxylation is 1. The zero-order chi connectivity index (χ0) is 17.3. The number of hydrogen-bond acceptors (Lipinski definition) is 6. The van der Waals surface area contributed by atoms with Crippen molar-refractivity contribution < 1.29 is 9.47 Å². The number of nitrogens with one attached hydrogen (secondary N) is 1. The third-order valence-corrected chi connectivity index (χ3v) is 5.56. The zero-order valence-corrected chi connectivity index (χ0v) is 16.3. The Kier molecular flexibility index (Phi) is 4.91. The molecule has 5 nitrogen and oxygen atoms in total. The number of methoxy groups -OCH3 is 2.